The second kappa shape index (κ2) is 3.87. The molecule has 0 aliphatic heterocycles. The quantitative estimate of drug-likeness (QED) is 0.407. The van der Waals surface area contributed by atoms with Gasteiger partial charge in [-0.2, -0.15) is 0 Å². The van der Waals surface area contributed by atoms with Crippen LogP contribution in [0.1, 0.15) is 6.92 Å². The minimum Gasteiger partial charge on any atom is -0.298 e. The van der Waals surface area contributed by atoms with Crippen molar-refractivity contribution in [3.8, 4) is 0 Å². The summed E-state index contributed by atoms with van der Waals surface area (Å²) < 4.78 is 0. The highest BCUT2D eigenvalue weighted by Crippen LogP contribution is 1.93. The van der Waals surface area contributed by atoms with E-state index in [1.807, 2.05) is 0 Å². The van der Waals surface area contributed by atoms with Crippen LogP contribution in [-0.4, -0.2) is 17.6 Å². The fraction of sp³-hybridized carbons (Fsp3) is 0.500. The molecule has 2 nitrogen and oxygen atoms in total. The van der Waals surface area contributed by atoms with Gasteiger partial charge in [-0.25, -0.2) is 0 Å². The largest absolute Gasteiger partial charge is 0.298 e. The first-order chi connectivity index (χ1) is 3.27. The van der Waals surface area contributed by atoms with Gasteiger partial charge >= 0.3 is 0 Å². The van der Waals surface area contributed by atoms with Crippen LogP contribution in [0.4, 0.5) is 0 Å². The molecular weight excluding hydrogens is 108 g/mol. The van der Waals surface area contributed by atoms with E-state index in [-0.39, 0.29) is 0 Å². The number of aliphatic imine (C=N–C) groups is 1. The maximum Gasteiger partial charge on any atom is 0.0667 e. The van der Waals surface area contributed by atoms with Gasteiger partial charge in [-0.05, 0) is 6.92 Å². The molecule has 0 rings (SSSR count). The third kappa shape index (κ3) is 5.69. The fourth-order valence-corrected chi connectivity index (χ4v) is 0.395. The lowest BCUT2D eigenvalue weighted by Gasteiger charge is -1.81. The van der Waals surface area contributed by atoms with Crippen LogP contribution in [-0.2, 0) is 0 Å². The Balaban J connectivity index is 3.14. The Morgan fingerprint density at radius 3 is 2.57 bits per heavy atom. The number of nitrogens with one attached hydrogen (secondary N) is 1. The zero-order valence-corrected chi connectivity index (χ0v) is 5.25. The fourth-order valence-electron chi connectivity index (χ4n) is 0.132. The van der Waals surface area contributed by atoms with Crippen LogP contribution in [0, 0.1) is 5.41 Å². The van der Waals surface area contributed by atoms with Crippen molar-refractivity contribution < 1.29 is 0 Å². The molecule has 3 heteroatoms. The van der Waals surface area contributed by atoms with Crippen molar-refractivity contribution in [3.63, 3.8) is 0 Å². The lowest BCUT2D eigenvalue weighted by atomic mass is 10.9. The summed E-state index contributed by atoms with van der Waals surface area (Å²) >= 11 is 1.32. The lowest BCUT2D eigenvalue weighted by molar-refractivity contribution is 1.49. The summed E-state index contributed by atoms with van der Waals surface area (Å²) in [6, 6.07) is 0. The molecule has 7 heavy (non-hydrogen) atoms. The highest BCUT2D eigenvalue weighted by Gasteiger charge is 1.77. The average molecular weight is 116 g/mol. The predicted octanol–water partition coefficient (Wildman–Crippen LogP) is 1.37. The Kier molecular flexibility index (Phi) is 3.69. The molecule has 0 aromatic carbocycles. The zero-order valence-electron chi connectivity index (χ0n) is 4.43. The minimum atomic E-state index is 0.575. The van der Waals surface area contributed by atoms with Gasteiger partial charge in [0.2, 0.25) is 0 Å². The van der Waals surface area contributed by atoms with E-state index in [9.17, 15) is 0 Å². The molecule has 0 saturated carbocycles. The molecule has 0 bridgehead atoms. The molecule has 0 atom stereocenters. The van der Waals surface area contributed by atoms with E-state index in [1.54, 1.807) is 19.5 Å². The van der Waals surface area contributed by atoms with Crippen molar-refractivity contribution in [3.05, 3.63) is 0 Å². The van der Waals surface area contributed by atoms with E-state index in [4.69, 9.17) is 5.41 Å². The molecule has 0 fully saturated rings. The molecule has 0 radical (unpaired) electrons. The van der Waals surface area contributed by atoms with Gasteiger partial charge in [0.15, 0.2) is 0 Å². The van der Waals surface area contributed by atoms with Crippen LogP contribution < -0.4 is 0 Å². The summed E-state index contributed by atoms with van der Waals surface area (Å²) in [6.07, 6.45) is 0. The van der Waals surface area contributed by atoms with Gasteiger partial charge < -0.3 is 0 Å². The van der Waals surface area contributed by atoms with Crippen molar-refractivity contribution in [2.45, 2.75) is 6.92 Å². The van der Waals surface area contributed by atoms with Crippen LogP contribution >= 0.6 is 11.8 Å². The molecule has 40 valence electrons. The summed E-state index contributed by atoms with van der Waals surface area (Å²) in [5.41, 5.74) is 1.64. The van der Waals surface area contributed by atoms with Gasteiger partial charge in [-0.1, -0.05) is 11.8 Å². The van der Waals surface area contributed by atoms with Crippen LogP contribution in [0.15, 0.2) is 4.99 Å². The molecular formula is C4H8N2S. The van der Waals surface area contributed by atoms with E-state index in [1.165, 1.54) is 11.8 Å². The van der Waals surface area contributed by atoms with Crippen molar-refractivity contribution in [2.75, 3.05) is 7.05 Å². The summed E-state index contributed by atoms with van der Waals surface area (Å²) in [5, 5.41) is 7.44. The number of thioether (sulfide) groups is 1. The van der Waals surface area contributed by atoms with Gasteiger partial charge in [0.1, 0.15) is 0 Å². The molecule has 0 spiro atoms. The third-order valence-corrected chi connectivity index (χ3v) is 1.00. The standard InChI is InChI=1S/C4H8N2S/c1-4(5)7-3-6-2/h3,5H,1-2H3/b5-4?,6-3-. The Morgan fingerprint density at radius 1 is 1.86 bits per heavy atom. The maximum atomic E-state index is 6.87. The van der Waals surface area contributed by atoms with E-state index >= 15 is 0 Å². The number of hydrogen-bond donors (Lipinski definition) is 1. The van der Waals surface area contributed by atoms with E-state index in [0.717, 1.165) is 0 Å². The van der Waals surface area contributed by atoms with Crippen molar-refractivity contribution in [1.82, 2.24) is 0 Å². The Hall–Kier alpha value is -0.310. The second-order valence-electron chi connectivity index (χ2n) is 1.04. The lowest BCUT2D eigenvalue weighted by Crippen LogP contribution is -1.75. The second-order valence-corrected chi connectivity index (χ2v) is 2.10. The predicted molar refractivity (Wildman–Crippen MR) is 35.4 cm³/mol. The highest BCUT2D eigenvalue weighted by atomic mass is 32.2. The summed E-state index contributed by atoms with van der Waals surface area (Å²) in [6.45, 7) is 1.73. The molecule has 0 amide bonds. The molecule has 0 aromatic rings. The molecule has 0 saturated heterocycles. The Bertz CT molecular complexity index is 87.7. The molecule has 0 unspecified atom stereocenters. The zero-order chi connectivity index (χ0) is 5.70. The maximum absolute atomic E-state index is 6.87. The van der Waals surface area contributed by atoms with Crippen molar-refractivity contribution in [2.24, 2.45) is 4.99 Å². The first-order valence-electron chi connectivity index (χ1n) is 1.90. The topological polar surface area (TPSA) is 36.2 Å². The van der Waals surface area contributed by atoms with Gasteiger partial charge in [0.05, 0.1) is 10.6 Å². The smallest absolute Gasteiger partial charge is 0.0667 e. The SMILES string of the molecule is C/N=C\SC(C)=N. The van der Waals surface area contributed by atoms with Crippen molar-refractivity contribution in [1.29, 1.82) is 5.41 Å². The van der Waals surface area contributed by atoms with Crippen LogP contribution in [0.2, 0.25) is 0 Å². The normalized spacial score (nSPS) is 10.0. The van der Waals surface area contributed by atoms with Gasteiger partial charge in [-0.15, -0.1) is 0 Å². The highest BCUT2D eigenvalue weighted by molar-refractivity contribution is 8.24. The Labute approximate surface area is 47.5 Å². The summed E-state index contributed by atoms with van der Waals surface area (Å²) in [7, 11) is 1.69. The monoisotopic (exact) mass is 116 g/mol. The number of nitrogens with zero attached hydrogens (tertiary/aromatic N) is 1. The van der Waals surface area contributed by atoms with Crippen LogP contribution in [0.3, 0.4) is 0 Å². The summed E-state index contributed by atoms with van der Waals surface area (Å²) in [4.78, 5) is 3.67. The minimum absolute atomic E-state index is 0.575. The van der Waals surface area contributed by atoms with Crippen molar-refractivity contribution >= 4 is 22.4 Å². The molecule has 0 aliphatic rings. The Morgan fingerprint density at radius 2 is 2.43 bits per heavy atom. The summed E-state index contributed by atoms with van der Waals surface area (Å²) in [5.74, 6) is 0. The first kappa shape index (κ1) is 6.69. The van der Waals surface area contributed by atoms with Gasteiger partial charge in [0, 0.05) is 7.05 Å². The number of rotatable bonds is 1. The van der Waals surface area contributed by atoms with Crippen LogP contribution in [0.5, 0.6) is 0 Å². The molecule has 0 heterocycles. The van der Waals surface area contributed by atoms with E-state index in [2.05, 4.69) is 4.99 Å². The van der Waals surface area contributed by atoms with Gasteiger partial charge in [0.25, 0.3) is 0 Å². The molecule has 1 N–H and O–H groups in total. The molecule has 0 aromatic heterocycles. The van der Waals surface area contributed by atoms with E-state index < -0.39 is 0 Å². The third-order valence-electron chi connectivity index (χ3n) is 0.335. The molecule has 0 aliphatic carbocycles. The van der Waals surface area contributed by atoms with E-state index in [0.29, 0.717) is 5.04 Å². The number of hydrogen-bond acceptors (Lipinski definition) is 3. The average Bonchev–Trinajstić information content (AvgIpc) is 1.61. The first-order valence-corrected chi connectivity index (χ1v) is 2.77. The van der Waals surface area contributed by atoms with Gasteiger partial charge in [-0.3, -0.25) is 10.4 Å². The van der Waals surface area contributed by atoms with Crippen LogP contribution in [0.25, 0.3) is 0 Å².